The zero-order valence-corrected chi connectivity index (χ0v) is 10.4. The van der Waals surface area contributed by atoms with Gasteiger partial charge in [-0.3, -0.25) is 0 Å². The third-order valence-electron chi connectivity index (χ3n) is 3.36. The molecule has 0 spiro atoms. The second-order valence-corrected chi connectivity index (χ2v) is 4.74. The molecule has 1 heterocycles. The van der Waals surface area contributed by atoms with Crippen LogP contribution >= 0.6 is 0 Å². The summed E-state index contributed by atoms with van der Waals surface area (Å²) in [7, 11) is 0. The van der Waals surface area contributed by atoms with E-state index in [0.717, 1.165) is 0 Å². The number of piperidine rings is 1. The molecule has 20 heavy (non-hydrogen) atoms. The first-order chi connectivity index (χ1) is 9.05. The highest BCUT2D eigenvalue weighted by Gasteiger charge is 2.46. The van der Waals surface area contributed by atoms with Crippen LogP contribution < -0.4 is 5.73 Å². The summed E-state index contributed by atoms with van der Waals surface area (Å²) in [5.41, 5.74) is 4.99. The van der Waals surface area contributed by atoms with Crippen molar-refractivity contribution < 1.29 is 31.5 Å². The molecule has 0 aliphatic carbocycles. The van der Waals surface area contributed by atoms with Gasteiger partial charge >= 0.3 is 12.4 Å². The maximum absolute atomic E-state index is 12.7. The molecule has 0 amide bonds. The summed E-state index contributed by atoms with van der Waals surface area (Å²) >= 11 is 0. The average Bonchev–Trinajstić information content (AvgIpc) is 2.33. The lowest BCUT2D eigenvalue weighted by Gasteiger charge is -2.35. The van der Waals surface area contributed by atoms with Gasteiger partial charge in [-0.1, -0.05) is 5.16 Å². The Morgan fingerprint density at radius 2 is 1.70 bits per heavy atom. The zero-order chi connectivity index (χ0) is 15.6. The number of nitrogens with two attached hydrogens (primary N) is 1. The Balaban J connectivity index is 2.61. The zero-order valence-electron chi connectivity index (χ0n) is 10.4. The van der Waals surface area contributed by atoms with Crippen LogP contribution in [0.5, 0.6) is 0 Å². The maximum Gasteiger partial charge on any atom is 0.400 e. The number of nitrogens with zero attached hydrogens (tertiary/aromatic N) is 2. The number of alkyl halides is 6. The summed E-state index contributed by atoms with van der Waals surface area (Å²) in [6.07, 6.45) is -9.52. The van der Waals surface area contributed by atoms with Gasteiger partial charge in [-0.25, -0.2) is 0 Å². The first-order valence-electron chi connectivity index (χ1n) is 5.89. The molecule has 0 radical (unpaired) electrons. The van der Waals surface area contributed by atoms with E-state index in [-0.39, 0.29) is 25.9 Å². The molecule has 1 fully saturated rings. The fraction of sp³-hybridized carbons (Fsp3) is 0.900. The van der Waals surface area contributed by atoms with Gasteiger partial charge in [-0.15, -0.1) is 0 Å². The molecule has 1 atom stereocenters. The molecule has 118 valence electrons. The van der Waals surface area contributed by atoms with Gasteiger partial charge in [0.2, 0.25) is 0 Å². The van der Waals surface area contributed by atoms with E-state index in [1.54, 1.807) is 0 Å². The number of amidine groups is 1. The fourth-order valence-electron chi connectivity index (χ4n) is 2.14. The number of hydrogen-bond acceptors (Lipinski definition) is 3. The number of rotatable bonds is 3. The Kier molecular flexibility index (Phi) is 5.11. The quantitative estimate of drug-likeness (QED) is 0.276. The van der Waals surface area contributed by atoms with Crippen molar-refractivity contribution in [1.29, 1.82) is 0 Å². The van der Waals surface area contributed by atoms with Crippen molar-refractivity contribution in [2.75, 3.05) is 19.6 Å². The topological polar surface area (TPSA) is 61.9 Å². The molecule has 1 rings (SSSR count). The standard InChI is InChI=1S/C10H15F6N3O/c11-9(12,13)6-1-3-19(4-2-6)5-7(8(17)18-20)10(14,15)16/h6-7,20H,1-5H2,(H2,17,18). The predicted octanol–water partition coefficient (Wildman–Crippen LogP) is 2.19. The molecule has 4 nitrogen and oxygen atoms in total. The summed E-state index contributed by atoms with van der Waals surface area (Å²) in [5.74, 6) is -4.66. The minimum Gasteiger partial charge on any atom is -0.409 e. The lowest BCUT2D eigenvalue weighted by atomic mass is 9.95. The molecule has 1 aliphatic heterocycles. The molecule has 3 N–H and O–H groups in total. The van der Waals surface area contributed by atoms with Crippen LogP contribution in [0.3, 0.4) is 0 Å². The highest BCUT2D eigenvalue weighted by atomic mass is 19.4. The SMILES string of the molecule is NC(=NO)C(CN1CCC(C(F)(F)F)CC1)C(F)(F)F. The van der Waals surface area contributed by atoms with Crippen LogP contribution in [0.2, 0.25) is 0 Å². The van der Waals surface area contributed by atoms with E-state index in [4.69, 9.17) is 10.9 Å². The molecule has 1 aliphatic rings. The van der Waals surface area contributed by atoms with Crippen molar-refractivity contribution >= 4 is 5.84 Å². The summed E-state index contributed by atoms with van der Waals surface area (Å²) in [4.78, 5) is 1.25. The Hall–Kier alpha value is -1.19. The van der Waals surface area contributed by atoms with E-state index >= 15 is 0 Å². The molecule has 1 saturated heterocycles. The normalized spacial score (nSPS) is 22.0. The van der Waals surface area contributed by atoms with E-state index in [9.17, 15) is 26.3 Å². The summed E-state index contributed by atoms with van der Waals surface area (Å²) in [5, 5.41) is 10.7. The highest BCUT2D eigenvalue weighted by molar-refractivity contribution is 5.83. The van der Waals surface area contributed by atoms with Crippen LogP contribution in [-0.4, -0.2) is 47.9 Å². The van der Waals surface area contributed by atoms with Gasteiger partial charge < -0.3 is 15.8 Å². The molecule has 0 aromatic carbocycles. The predicted molar refractivity (Wildman–Crippen MR) is 58.2 cm³/mol. The lowest BCUT2D eigenvalue weighted by Crippen LogP contribution is -2.47. The van der Waals surface area contributed by atoms with Gasteiger partial charge in [0.05, 0.1) is 5.92 Å². The van der Waals surface area contributed by atoms with Gasteiger partial charge in [0.15, 0.2) is 5.84 Å². The van der Waals surface area contributed by atoms with Gasteiger partial charge in [0.25, 0.3) is 0 Å². The largest absolute Gasteiger partial charge is 0.409 e. The molecule has 0 aromatic rings. The lowest BCUT2D eigenvalue weighted by molar-refractivity contribution is -0.189. The maximum atomic E-state index is 12.7. The van der Waals surface area contributed by atoms with Crippen LogP contribution in [0.15, 0.2) is 5.16 Å². The molecule has 0 saturated carbocycles. The number of oxime groups is 1. The minimum absolute atomic E-state index is 0.102. The average molecular weight is 307 g/mol. The van der Waals surface area contributed by atoms with Crippen LogP contribution in [0, 0.1) is 11.8 Å². The second-order valence-electron chi connectivity index (χ2n) is 4.74. The van der Waals surface area contributed by atoms with E-state index in [2.05, 4.69) is 5.16 Å². The third-order valence-corrected chi connectivity index (χ3v) is 3.36. The van der Waals surface area contributed by atoms with E-state index in [1.807, 2.05) is 0 Å². The molecule has 1 unspecified atom stereocenters. The van der Waals surface area contributed by atoms with E-state index < -0.39 is 36.6 Å². The third kappa shape index (κ3) is 4.43. The Labute approximate surface area is 111 Å². The molecule has 0 bridgehead atoms. The summed E-state index contributed by atoms with van der Waals surface area (Å²) in [6, 6.07) is 0. The van der Waals surface area contributed by atoms with Gasteiger partial charge in [-0.05, 0) is 25.9 Å². The number of likely N-dealkylation sites (tertiary alicyclic amines) is 1. The highest BCUT2D eigenvalue weighted by Crippen LogP contribution is 2.35. The Morgan fingerprint density at radius 1 is 1.20 bits per heavy atom. The van der Waals surface area contributed by atoms with Crippen LogP contribution in [0.1, 0.15) is 12.8 Å². The van der Waals surface area contributed by atoms with Crippen molar-refractivity contribution in [1.82, 2.24) is 4.90 Å². The second kappa shape index (κ2) is 6.06. The monoisotopic (exact) mass is 307 g/mol. The molecular weight excluding hydrogens is 292 g/mol. The fourth-order valence-corrected chi connectivity index (χ4v) is 2.14. The first kappa shape index (κ1) is 16.9. The van der Waals surface area contributed by atoms with Crippen LogP contribution in [0.25, 0.3) is 0 Å². The van der Waals surface area contributed by atoms with Gasteiger partial charge in [0, 0.05) is 6.54 Å². The van der Waals surface area contributed by atoms with Crippen molar-refractivity contribution in [2.45, 2.75) is 25.2 Å². The first-order valence-corrected chi connectivity index (χ1v) is 5.89. The molecule has 10 heteroatoms. The number of hydrogen-bond donors (Lipinski definition) is 2. The van der Waals surface area contributed by atoms with Crippen LogP contribution in [-0.2, 0) is 0 Å². The van der Waals surface area contributed by atoms with E-state index in [1.165, 1.54) is 4.90 Å². The van der Waals surface area contributed by atoms with Crippen LogP contribution in [0.4, 0.5) is 26.3 Å². The van der Waals surface area contributed by atoms with Crippen molar-refractivity contribution in [2.24, 2.45) is 22.7 Å². The molecular formula is C10H15F6N3O. The smallest absolute Gasteiger partial charge is 0.400 e. The number of halogens is 6. The summed E-state index contributed by atoms with van der Waals surface area (Å²) in [6.45, 7) is -0.811. The van der Waals surface area contributed by atoms with Crippen molar-refractivity contribution in [3.8, 4) is 0 Å². The Bertz CT molecular complexity index is 346. The van der Waals surface area contributed by atoms with Gasteiger partial charge in [-0.2, -0.15) is 26.3 Å². The Morgan fingerprint density at radius 3 is 2.05 bits per heavy atom. The van der Waals surface area contributed by atoms with Crippen molar-refractivity contribution in [3.05, 3.63) is 0 Å². The van der Waals surface area contributed by atoms with Gasteiger partial charge in [0.1, 0.15) is 5.92 Å². The molecule has 0 aromatic heterocycles. The summed E-state index contributed by atoms with van der Waals surface area (Å²) < 4.78 is 75.4. The van der Waals surface area contributed by atoms with Crippen molar-refractivity contribution in [3.63, 3.8) is 0 Å². The minimum atomic E-state index is -4.71. The van der Waals surface area contributed by atoms with E-state index in [0.29, 0.717) is 0 Å².